The van der Waals surface area contributed by atoms with E-state index < -0.39 is 5.97 Å². The lowest BCUT2D eigenvalue weighted by atomic mass is 10.3. The van der Waals surface area contributed by atoms with Crippen LogP contribution in [0.1, 0.15) is 16.4 Å². The molecule has 0 atom stereocenters. The minimum atomic E-state index is -1.22. The fourth-order valence-electron chi connectivity index (χ4n) is 1.27. The summed E-state index contributed by atoms with van der Waals surface area (Å²) in [5.74, 6) is -1.02. The molecular formula is C9H8N2O4. The Bertz CT molecular complexity index is 608. The largest absolute Gasteiger partial charge is 0.475 e. The summed E-state index contributed by atoms with van der Waals surface area (Å²) in [7, 11) is 1.57. The molecule has 1 N–H and O–H groups in total. The van der Waals surface area contributed by atoms with Gasteiger partial charge in [-0.3, -0.25) is 9.36 Å². The van der Waals surface area contributed by atoms with Crippen LogP contribution in [0.25, 0.3) is 11.1 Å². The SMILES string of the molecule is Cc1nc2oc(C(=O)O)cc2c(=O)n1C. The first-order valence-electron chi connectivity index (χ1n) is 4.21. The lowest BCUT2D eigenvalue weighted by Gasteiger charge is -1.99. The van der Waals surface area contributed by atoms with E-state index in [9.17, 15) is 9.59 Å². The summed E-state index contributed by atoms with van der Waals surface area (Å²) in [6, 6.07) is 1.19. The van der Waals surface area contributed by atoms with Gasteiger partial charge in [-0.05, 0) is 6.92 Å². The van der Waals surface area contributed by atoms with Crippen LogP contribution in [0.5, 0.6) is 0 Å². The van der Waals surface area contributed by atoms with E-state index in [0.29, 0.717) is 5.82 Å². The van der Waals surface area contributed by atoms with E-state index in [1.54, 1.807) is 14.0 Å². The topological polar surface area (TPSA) is 85.3 Å². The smallest absolute Gasteiger partial charge is 0.371 e. The van der Waals surface area contributed by atoms with Crippen molar-refractivity contribution in [1.82, 2.24) is 9.55 Å². The highest BCUT2D eigenvalue weighted by Gasteiger charge is 2.15. The zero-order chi connectivity index (χ0) is 11.2. The molecule has 0 radical (unpaired) electrons. The standard InChI is InChI=1S/C9H8N2O4/c1-4-10-7-5(8(12)11(4)2)3-6(15-7)9(13)14/h3H,1-2H3,(H,13,14). The monoisotopic (exact) mass is 208 g/mol. The molecule has 0 aromatic carbocycles. The van der Waals surface area contributed by atoms with Crippen LogP contribution in [0.15, 0.2) is 15.3 Å². The zero-order valence-corrected chi connectivity index (χ0v) is 8.14. The van der Waals surface area contributed by atoms with Gasteiger partial charge >= 0.3 is 5.97 Å². The minimum absolute atomic E-state index is 0.0630. The Kier molecular flexibility index (Phi) is 1.85. The summed E-state index contributed by atoms with van der Waals surface area (Å²) in [5, 5.41) is 8.87. The number of fused-ring (bicyclic) bond motifs is 1. The van der Waals surface area contributed by atoms with Crippen molar-refractivity contribution in [3.8, 4) is 0 Å². The van der Waals surface area contributed by atoms with Crippen LogP contribution >= 0.6 is 0 Å². The van der Waals surface area contributed by atoms with Gasteiger partial charge in [-0.15, -0.1) is 0 Å². The van der Waals surface area contributed by atoms with Crippen molar-refractivity contribution in [1.29, 1.82) is 0 Å². The lowest BCUT2D eigenvalue weighted by Crippen LogP contribution is -2.19. The van der Waals surface area contributed by atoms with Gasteiger partial charge in [0, 0.05) is 13.1 Å². The Morgan fingerprint density at radius 2 is 2.27 bits per heavy atom. The maximum Gasteiger partial charge on any atom is 0.371 e. The second-order valence-corrected chi connectivity index (χ2v) is 3.16. The van der Waals surface area contributed by atoms with Crippen molar-refractivity contribution in [3.05, 3.63) is 28.0 Å². The fraction of sp³-hybridized carbons (Fsp3) is 0.222. The highest BCUT2D eigenvalue weighted by atomic mass is 16.4. The van der Waals surface area contributed by atoms with Crippen LogP contribution in [-0.2, 0) is 7.05 Å². The van der Waals surface area contributed by atoms with E-state index in [0.717, 1.165) is 0 Å². The first-order chi connectivity index (χ1) is 7.00. The van der Waals surface area contributed by atoms with Crippen LogP contribution < -0.4 is 5.56 Å². The maximum absolute atomic E-state index is 11.7. The summed E-state index contributed by atoms with van der Waals surface area (Å²) >= 11 is 0. The fourth-order valence-corrected chi connectivity index (χ4v) is 1.27. The van der Waals surface area contributed by atoms with Crippen molar-refractivity contribution < 1.29 is 14.3 Å². The first kappa shape index (κ1) is 9.45. The van der Waals surface area contributed by atoms with E-state index in [1.807, 2.05) is 0 Å². The van der Waals surface area contributed by atoms with E-state index in [-0.39, 0.29) is 22.4 Å². The quantitative estimate of drug-likeness (QED) is 0.738. The summed E-state index contributed by atoms with van der Waals surface area (Å²) in [6.07, 6.45) is 0. The minimum Gasteiger partial charge on any atom is -0.475 e. The molecule has 0 bridgehead atoms. The van der Waals surface area contributed by atoms with Gasteiger partial charge in [0.2, 0.25) is 11.5 Å². The van der Waals surface area contributed by atoms with E-state index >= 15 is 0 Å². The molecule has 2 aromatic heterocycles. The molecule has 0 saturated carbocycles. The van der Waals surface area contributed by atoms with Crippen molar-refractivity contribution in [3.63, 3.8) is 0 Å². The van der Waals surface area contributed by atoms with Gasteiger partial charge in [-0.25, -0.2) is 4.79 Å². The number of nitrogens with zero attached hydrogens (tertiary/aromatic N) is 2. The molecule has 0 aliphatic carbocycles. The van der Waals surface area contributed by atoms with Crippen LogP contribution in [-0.4, -0.2) is 20.6 Å². The van der Waals surface area contributed by atoms with Crippen LogP contribution in [0, 0.1) is 6.92 Å². The number of carboxylic acids is 1. The van der Waals surface area contributed by atoms with Gasteiger partial charge in [0.05, 0.1) is 0 Å². The van der Waals surface area contributed by atoms with Gasteiger partial charge in [-0.2, -0.15) is 4.98 Å². The Morgan fingerprint density at radius 1 is 1.60 bits per heavy atom. The number of aromatic carboxylic acids is 1. The molecule has 6 heteroatoms. The Balaban J connectivity index is 2.88. The van der Waals surface area contributed by atoms with Crippen LogP contribution in [0.3, 0.4) is 0 Å². The predicted molar refractivity (Wildman–Crippen MR) is 50.9 cm³/mol. The molecule has 0 fully saturated rings. The molecule has 2 heterocycles. The number of aryl methyl sites for hydroxylation is 1. The summed E-state index contributed by atoms with van der Waals surface area (Å²) in [6.45, 7) is 1.64. The summed E-state index contributed by atoms with van der Waals surface area (Å²) in [5.41, 5.74) is -0.248. The van der Waals surface area contributed by atoms with Gasteiger partial charge in [-0.1, -0.05) is 0 Å². The normalized spacial score (nSPS) is 10.8. The van der Waals surface area contributed by atoms with E-state index in [1.165, 1.54) is 10.6 Å². The van der Waals surface area contributed by atoms with E-state index in [4.69, 9.17) is 9.52 Å². The molecular weight excluding hydrogens is 200 g/mol. The second-order valence-electron chi connectivity index (χ2n) is 3.16. The molecule has 0 aliphatic rings. The highest BCUT2D eigenvalue weighted by Crippen LogP contribution is 2.13. The third-order valence-electron chi connectivity index (χ3n) is 2.21. The van der Waals surface area contributed by atoms with Gasteiger partial charge in [0.1, 0.15) is 11.2 Å². The van der Waals surface area contributed by atoms with Crippen molar-refractivity contribution in [2.75, 3.05) is 0 Å². The number of hydrogen-bond acceptors (Lipinski definition) is 4. The molecule has 2 rings (SSSR count). The number of furan rings is 1. The number of carboxylic acid groups (broad SMARTS) is 1. The Morgan fingerprint density at radius 3 is 2.87 bits per heavy atom. The lowest BCUT2D eigenvalue weighted by molar-refractivity contribution is 0.0664. The average molecular weight is 208 g/mol. The predicted octanol–water partition coefficient (Wildman–Crippen LogP) is 0.533. The summed E-state index contributed by atoms with van der Waals surface area (Å²) < 4.78 is 6.26. The molecule has 0 aliphatic heterocycles. The average Bonchev–Trinajstić information content (AvgIpc) is 2.58. The van der Waals surface area contributed by atoms with Crippen molar-refractivity contribution in [2.24, 2.45) is 7.05 Å². The molecule has 0 unspecified atom stereocenters. The van der Waals surface area contributed by atoms with Gasteiger partial charge in [0.15, 0.2) is 0 Å². The van der Waals surface area contributed by atoms with Crippen LogP contribution in [0.2, 0.25) is 0 Å². The summed E-state index contributed by atoms with van der Waals surface area (Å²) in [4.78, 5) is 26.2. The third kappa shape index (κ3) is 1.30. The van der Waals surface area contributed by atoms with Crippen LogP contribution in [0.4, 0.5) is 0 Å². The molecule has 0 amide bonds. The Hall–Kier alpha value is -2.11. The van der Waals surface area contributed by atoms with Crippen molar-refractivity contribution >= 4 is 17.1 Å². The first-order valence-corrected chi connectivity index (χ1v) is 4.21. The molecule has 78 valence electrons. The number of hydrogen-bond donors (Lipinski definition) is 1. The van der Waals surface area contributed by atoms with Gasteiger partial charge in [0.25, 0.3) is 5.56 Å². The molecule has 0 saturated heterocycles. The number of rotatable bonds is 1. The highest BCUT2D eigenvalue weighted by molar-refractivity contribution is 5.89. The molecule has 6 nitrogen and oxygen atoms in total. The van der Waals surface area contributed by atoms with E-state index in [2.05, 4.69) is 4.98 Å². The molecule has 0 spiro atoms. The third-order valence-corrected chi connectivity index (χ3v) is 2.21. The van der Waals surface area contributed by atoms with Gasteiger partial charge < -0.3 is 9.52 Å². The molecule has 15 heavy (non-hydrogen) atoms. The maximum atomic E-state index is 11.7. The zero-order valence-electron chi connectivity index (χ0n) is 8.14. The Labute approximate surface area is 83.8 Å². The number of carbonyl (C=O) groups is 1. The van der Waals surface area contributed by atoms with Crippen molar-refractivity contribution in [2.45, 2.75) is 6.92 Å². The number of aromatic nitrogens is 2. The molecule has 2 aromatic rings. The second kappa shape index (κ2) is 2.94.